The SMILES string of the molecule is Cc1cccc(C#Cc2cc(C(=O)NCCN3CCOCC3)nn2C)c1. The molecule has 1 N–H and O–H groups in total. The first-order valence-electron chi connectivity index (χ1n) is 8.83. The summed E-state index contributed by atoms with van der Waals surface area (Å²) in [5, 5.41) is 7.20. The third kappa shape index (κ3) is 4.94. The van der Waals surface area contributed by atoms with E-state index in [1.54, 1.807) is 17.8 Å². The molecule has 0 unspecified atom stereocenters. The molecule has 1 amide bonds. The maximum absolute atomic E-state index is 12.3. The van der Waals surface area contributed by atoms with Crippen LogP contribution in [0.3, 0.4) is 0 Å². The number of aromatic nitrogens is 2. The van der Waals surface area contributed by atoms with Gasteiger partial charge in [0.15, 0.2) is 5.69 Å². The highest BCUT2D eigenvalue weighted by Gasteiger charge is 2.13. The zero-order chi connectivity index (χ0) is 18.4. The molecule has 1 aliphatic rings. The van der Waals surface area contributed by atoms with E-state index < -0.39 is 0 Å². The summed E-state index contributed by atoms with van der Waals surface area (Å²) < 4.78 is 6.96. The average Bonchev–Trinajstić information content (AvgIpc) is 3.02. The molecule has 2 heterocycles. The van der Waals surface area contributed by atoms with E-state index in [1.165, 1.54) is 5.56 Å². The van der Waals surface area contributed by atoms with Gasteiger partial charge in [0, 0.05) is 44.9 Å². The lowest BCUT2D eigenvalue weighted by atomic mass is 10.1. The number of hydrogen-bond acceptors (Lipinski definition) is 4. The zero-order valence-electron chi connectivity index (χ0n) is 15.3. The van der Waals surface area contributed by atoms with Crippen molar-refractivity contribution in [2.45, 2.75) is 6.92 Å². The van der Waals surface area contributed by atoms with Crippen molar-refractivity contribution in [2.24, 2.45) is 7.05 Å². The molecule has 6 nitrogen and oxygen atoms in total. The Morgan fingerprint density at radius 1 is 1.27 bits per heavy atom. The van der Waals surface area contributed by atoms with Crippen LogP contribution in [0.1, 0.15) is 27.3 Å². The molecule has 26 heavy (non-hydrogen) atoms. The molecule has 3 rings (SSSR count). The normalized spacial score (nSPS) is 14.5. The Bertz CT molecular complexity index is 826. The number of hydrogen-bond donors (Lipinski definition) is 1. The molecule has 0 atom stereocenters. The summed E-state index contributed by atoms with van der Waals surface area (Å²) >= 11 is 0. The predicted molar refractivity (Wildman–Crippen MR) is 100.0 cm³/mol. The Morgan fingerprint density at radius 3 is 2.85 bits per heavy atom. The van der Waals surface area contributed by atoms with E-state index in [0.717, 1.165) is 38.4 Å². The van der Waals surface area contributed by atoms with Crippen molar-refractivity contribution in [3.8, 4) is 11.8 Å². The van der Waals surface area contributed by atoms with Crippen LogP contribution in [-0.2, 0) is 11.8 Å². The van der Waals surface area contributed by atoms with E-state index in [-0.39, 0.29) is 5.91 Å². The molecule has 1 aliphatic heterocycles. The van der Waals surface area contributed by atoms with Crippen LogP contribution in [0.25, 0.3) is 0 Å². The van der Waals surface area contributed by atoms with Crippen LogP contribution in [0, 0.1) is 18.8 Å². The van der Waals surface area contributed by atoms with Crippen LogP contribution in [-0.4, -0.2) is 60.0 Å². The van der Waals surface area contributed by atoms with E-state index in [9.17, 15) is 4.79 Å². The number of aryl methyl sites for hydroxylation is 2. The van der Waals surface area contributed by atoms with E-state index in [2.05, 4.69) is 27.2 Å². The predicted octanol–water partition coefficient (Wildman–Crippen LogP) is 1.19. The summed E-state index contributed by atoms with van der Waals surface area (Å²) in [5.74, 6) is 6.04. The van der Waals surface area contributed by atoms with Crippen LogP contribution in [0.4, 0.5) is 0 Å². The van der Waals surface area contributed by atoms with E-state index in [4.69, 9.17) is 4.74 Å². The molecule has 0 radical (unpaired) electrons. The van der Waals surface area contributed by atoms with Gasteiger partial charge in [-0.25, -0.2) is 0 Å². The standard InChI is InChI=1S/C20H24N4O2/c1-16-4-3-5-17(14-16)6-7-18-15-19(22-23(18)2)20(25)21-8-9-24-10-12-26-13-11-24/h3-5,14-15H,8-13H2,1-2H3,(H,21,25). The fourth-order valence-electron chi connectivity index (χ4n) is 2.80. The number of benzene rings is 1. The molecule has 6 heteroatoms. The summed E-state index contributed by atoms with van der Waals surface area (Å²) in [6, 6.07) is 9.75. The largest absolute Gasteiger partial charge is 0.379 e. The van der Waals surface area contributed by atoms with Gasteiger partial charge >= 0.3 is 0 Å². The highest BCUT2D eigenvalue weighted by molar-refractivity contribution is 5.92. The first-order chi connectivity index (χ1) is 12.6. The van der Waals surface area contributed by atoms with Crippen LogP contribution in [0.2, 0.25) is 0 Å². The summed E-state index contributed by atoms with van der Waals surface area (Å²) in [5.41, 5.74) is 3.22. The van der Waals surface area contributed by atoms with Crippen molar-refractivity contribution in [3.05, 3.63) is 52.8 Å². The number of ether oxygens (including phenoxy) is 1. The van der Waals surface area contributed by atoms with E-state index >= 15 is 0 Å². The van der Waals surface area contributed by atoms with Gasteiger partial charge in [-0.15, -0.1) is 0 Å². The fraction of sp³-hybridized carbons (Fsp3) is 0.400. The van der Waals surface area contributed by atoms with Crippen molar-refractivity contribution in [3.63, 3.8) is 0 Å². The van der Waals surface area contributed by atoms with Gasteiger partial charge in [-0.2, -0.15) is 5.10 Å². The van der Waals surface area contributed by atoms with Gasteiger partial charge in [0.05, 0.1) is 13.2 Å². The molecule has 1 saturated heterocycles. The maximum Gasteiger partial charge on any atom is 0.271 e. The Morgan fingerprint density at radius 2 is 2.08 bits per heavy atom. The smallest absolute Gasteiger partial charge is 0.271 e. The first-order valence-corrected chi connectivity index (χ1v) is 8.83. The van der Waals surface area contributed by atoms with Gasteiger partial charge < -0.3 is 10.1 Å². The highest BCUT2D eigenvalue weighted by atomic mass is 16.5. The Labute approximate surface area is 154 Å². The van der Waals surface area contributed by atoms with Gasteiger partial charge in [0.1, 0.15) is 5.69 Å². The van der Waals surface area contributed by atoms with Crippen molar-refractivity contribution < 1.29 is 9.53 Å². The van der Waals surface area contributed by atoms with Crippen molar-refractivity contribution in [1.82, 2.24) is 20.0 Å². The number of nitrogens with one attached hydrogen (secondary N) is 1. The monoisotopic (exact) mass is 352 g/mol. The Balaban J connectivity index is 1.57. The number of morpholine rings is 1. The van der Waals surface area contributed by atoms with Crippen LogP contribution in [0.5, 0.6) is 0 Å². The maximum atomic E-state index is 12.3. The lowest BCUT2D eigenvalue weighted by Crippen LogP contribution is -2.41. The third-order valence-corrected chi connectivity index (χ3v) is 4.28. The van der Waals surface area contributed by atoms with Gasteiger partial charge in [0.25, 0.3) is 5.91 Å². The Kier molecular flexibility index (Phi) is 6.05. The summed E-state index contributed by atoms with van der Waals surface area (Å²) in [4.78, 5) is 14.6. The van der Waals surface area contributed by atoms with Crippen molar-refractivity contribution in [2.75, 3.05) is 39.4 Å². The van der Waals surface area contributed by atoms with E-state index in [0.29, 0.717) is 17.9 Å². The zero-order valence-corrected chi connectivity index (χ0v) is 15.3. The quantitative estimate of drug-likeness (QED) is 0.840. The number of carbonyl (C=O) groups is 1. The minimum atomic E-state index is -0.169. The molecule has 2 aromatic rings. The molecular formula is C20H24N4O2. The lowest BCUT2D eigenvalue weighted by molar-refractivity contribution is 0.0383. The van der Waals surface area contributed by atoms with Crippen LogP contribution < -0.4 is 5.32 Å². The van der Waals surface area contributed by atoms with Crippen molar-refractivity contribution >= 4 is 5.91 Å². The molecule has 0 saturated carbocycles. The molecule has 1 aromatic heterocycles. The summed E-state index contributed by atoms with van der Waals surface area (Å²) in [6.45, 7) is 6.81. The molecule has 1 fully saturated rings. The van der Waals surface area contributed by atoms with Gasteiger partial charge in [-0.05, 0) is 30.5 Å². The second-order valence-electron chi connectivity index (χ2n) is 6.37. The first kappa shape index (κ1) is 18.2. The lowest BCUT2D eigenvalue weighted by Gasteiger charge is -2.26. The number of nitrogens with zero attached hydrogens (tertiary/aromatic N) is 3. The minimum absolute atomic E-state index is 0.169. The topological polar surface area (TPSA) is 59.4 Å². The van der Waals surface area contributed by atoms with Gasteiger partial charge in [-0.1, -0.05) is 18.1 Å². The van der Waals surface area contributed by atoms with E-state index in [1.807, 2.05) is 31.2 Å². The fourth-order valence-corrected chi connectivity index (χ4v) is 2.80. The number of carbonyl (C=O) groups excluding carboxylic acids is 1. The minimum Gasteiger partial charge on any atom is -0.379 e. The second kappa shape index (κ2) is 8.65. The molecule has 0 bridgehead atoms. The molecule has 136 valence electrons. The van der Waals surface area contributed by atoms with Gasteiger partial charge in [-0.3, -0.25) is 14.4 Å². The van der Waals surface area contributed by atoms with Gasteiger partial charge in [0.2, 0.25) is 0 Å². The third-order valence-electron chi connectivity index (χ3n) is 4.28. The highest BCUT2D eigenvalue weighted by Crippen LogP contribution is 2.05. The average molecular weight is 352 g/mol. The molecule has 1 aromatic carbocycles. The summed E-state index contributed by atoms with van der Waals surface area (Å²) in [7, 11) is 1.80. The summed E-state index contributed by atoms with van der Waals surface area (Å²) in [6.07, 6.45) is 0. The van der Waals surface area contributed by atoms with Crippen LogP contribution in [0.15, 0.2) is 30.3 Å². The van der Waals surface area contributed by atoms with Crippen molar-refractivity contribution in [1.29, 1.82) is 0 Å². The number of rotatable bonds is 4. The van der Waals surface area contributed by atoms with Crippen LogP contribution >= 0.6 is 0 Å². The molecular weight excluding hydrogens is 328 g/mol. The second-order valence-corrected chi connectivity index (χ2v) is 6.37. The Hall–Kier alpha value is -2.62. The molecule has 0 aliphatic carbocycles. The number of amides is 1. The molecule has 0 spiro atoms.